The fourth-order valence-corrected chi connectivity index (χ4v) is 2.91. The summed E-state index contributed by atoms with van der Waals surface area (Å²) < 4.78 is 0.857. The maximum Gasteiger partial charge on any atom is 0.239 e. The number of aliphatic hydroxyl groups excluding tert-OH is 1. The molecule has 1 aromatic heterocycles. The van der Waals surface area contributed by atoms with Crippen molar-refractivity contribution < 1.29 is 9.90 Å². The van der Waals surface area contributed by atoms with Crippen LogP contribution in [0.1, 0.15) is 5.56 Å². The highest BCUT2D eigenvalue weighted by Crippen LogP contribution is 2.10. The zero-order chi connectivity index (χ0) is 18.9. The van der Waals surface area contributed by atoms with Gasteiger partial charge in [0.2, 0.25) is 5.91 Å². The monoisotopic (exact) mass is 420 g/mol. The van der Waals surface area contributed by atoms with Crippen LogP contribution >= 0.6 is 15.9 Å². The first kappa shape index (κ1) is 20.5. The predicted molar refractivity (Wildman–Crippen MR) is 107 cm³/mol. The molecule has 2 aromatic rings. The number of hydrogen-bond acceptors (Lipinski definition) is 5. The Morgan fingerprint density at radius 2 is 1.85 bits per heavy atom. The van der Waals surface area contributed by atoms with E-state index in [0.717, 1.165) is 11.0 Å². The first-order valence-corrected chi connectivity index (χ1v) is 9.22. The van der Waals surface area contributed by atoms with E-state index < -0.39 is 6.10 Å². The number of rotatable bonds is 9. The second kappa shape index (κ2) is 10.4. The molecule has 0 aliphatic carbocycles. The molecule has 1 unspecified atom stereocenters. The summed E-state index contributed by atoms with van der Waals surface area (Å²) in [7, 11) is 3.79. The number of nitrogens with zero attached hydrogens (tertiary/aromatic N) is 3. The molecule has 26 heavy (non-hydrogen) atoms. The fourth-order valence-electron chi connectivity index (χ4n) is 2.68. The van der Waals surface area contributed by atoms with Gasteiger partial charge in [-0.15, -0.1) is 0 Å². The maximum atomic E-state index is 12.1. The normalized spacial score (nSPS) is 12.4. The lowest BCUT2D eigenvalue weighted by Crippen LogP contribution is -2.40. The quantitative estimate of drug-likeness (QED) is 0.650. The van der Waals surface area contributed by atoms with Crippen molar-refractivity contribution in [3.05, 3.63) is 58.7 Å². The van der Waals surface area contributed by atoms with E-state index in [0.29, 0.717) is 18.9 Å². The molecule has 0 radical (unpaired) electrons. The highest BCUT2D eigenvalue weighted by Gasteiger charge is 2.14. The number of hydrogen-bond donors (Lipinski definition) is 2. The second-order valence-corrected chi connectivity index (χ2v) is 7.36. The number of halogens is 1. The number of carbonyl (C=O) groups is 1. The standard InChI is InChI=1S/C19H25BrN4O2/c1-23(11-15-6-4-3-5-7-15)12-17(25)13-24(2)14-19(26)22-18-9-8-16(20)10-21-18/h3-10,17,25H,11-14H2,1-2H3,(H,21,22,26). The van der Waals surface area contributed by atoms with Crippen molar-refractivity contribution in [3.8, 4) is 0 Å². The number of carbonyl (C=O) groups excluding carboxylic acids is 1. The molecule has 0 aliphatic heterocycles. The molecule has 0 spiro atoms. The summed E-state index contributed by atoms with van der Waals surface area (Å²) in [5.74, 6) is 0.349. The molecule has 0 saturated carbocycles. The van der Waals surface area contributed by atoms with Crippen molar-refractivity contribution in [2.45, 2.75) is 12.6 Å². The van der Waals surface area contributed by atoms with Crippen LogP contribution in [-0.2, 0) is 11.3 Å². The van der Waals surface area contributed by atoms with Gasteiger partial charge in [-0.05, 0) is 47.7 Å². The number of likely N-dealkylation sites (N-methyl/N-ethyl adjacent to an activating group) is 2. The van der Waals surface area contributed by atoms with Gasteiger partial charge in [-0.25, -0.2) is 4.98 Å². The average molecular weight is 421 g/mol. The van der Waals surface area contributed by atoms with E-state index in [4.69, 9.17) is 0 Å². The Balaban J connectivity index is 1.71. The number of aromatic nitrogens is 1. The molecule has 1 aromatic carbocycles. The third-order valence-corrected chi connectivity index (χ3v) is 4.22. The van der Waals surface area contributed by atoms with Gasteiger partial charge in [0.25, 0.3) is 0 Å². The van der Waals surface area contributed by atoms with Gasteiger partial charge in [0, 0.05) is 30.3 Å². The molecule has 2 N–H and O–H groups in total. The number of anilines is 1. The topological polar surface area (TPSA) is 68.7 Å². The van der Waals surface area contributed by atoms with Gasteiger partial charge in [0.1, 0.15) is 5.82 Å². The van der Waals surface area contributed by atoms with Gasteiger partial charge in [0.05, 0.1) is 12.6 Å². The molecule has 0 fully saturated rings. The van der Waals surface area contributed by atoms with Crippen molar-refractivity contribution >= 4 is 27.7 Å². The fraction of sp³-hybridized carbons (Fsp3) is 0.368. The van der Waals surface area contributed by atoms with Crippen molar-refractivity contribution in [2.24, 2.45) is 0 Å². The average Bonchev–Trinajstić information content (AvgIpc) is 2.57. The Kier molecular flexibility index (Phi) is 8.18. The largest absolute Gasteiger partial charge is 0.390 e. The van der Waals surface area contributed by atoms with Crippen molar-refractivity contribution in [3.63, 3.8) is 0 Å². The zero-order valence-electron chi connectivity index (χ0n) is 15.1. The van der Waals surface area contributed by atoms with Crippen LogP contribution in [0.25, 0.3) is 0 Å². The Labute approximate surface area is 163 Å². The maximum absolute atomic E-state index is 12.1. The van der Waals surface area contributed by atoms with Crippen LogP contribution in [0, 0.1) is 0 Å². The van der Waals surface area contributed by atoms with Crippen LogP contribution in [0.3, 0.4) is 0 Å². The summed E-state index contributed by atoms with van der Waals surface area (Å²) in [4.78, 5) is 20.0. The van der Waals surface area contributed by atoms with E-state index in [1.807, 2.05) is 38.4 Å². The van der Waals surface area contributed by atoms with Gasteiger partial charge >= 0.3 is 0 Å². The summed E-state index contributed by atoms with van der Waals surface area (Å²) in [6, 6.07) is 13.7. The van der Waals surface area contributed by atoms with Gasteiger partial charge in [-0.2, -0.15) is 0 Å². The van der Waals surface area contributed by atoms with E-state index in [-0.39, 0.29) is 12.5 Å². The second-order valence-electron chi connectivity index (χ2n) is 6.44. The van der Waals surface area contributed by atoms with Crippen LogP contribution < -0.4 is 5.32 Å². The molecule has 6 nitrogen and oxygen atoms in total. The smallest absolute Gasteiger partial charge is 0.239 e. The minimum Gasteiger partial charge on any atom is -0.390 e. The Morgan fingerprint density at radius 3 is 2.50 bits per heavy atom. The van der Waals surface area contributed by atoms with Crippen molar-refractivity contribution in [1.29, 1.82) is 0 Å². The van der Waals surface area contributed by atoms with E-state index in [9.17, 15) is 9.90 Å². The van der Waals surface area contributed by atoms with E-state index in [1.165, 1.54) is 5.56 Å². The molecule has 1 amide bonds. The number of benzene rings is 1. The van der Waals surface area contributed by atoms with E-state index in [2.05, 4.69) is 43.3 Å². The minimum absolute atomic E-state index is 0.160. The summed E-state index contributed by atoms with van der Waals surface area (Å²) in [5.41, 5.74) is 1.21. The first-order chi connectivity index (χ1) is 12.4. The summed E-state index contributed by atoms with van der Waals surface area (Å²) >= 11 is 3.30. The summed E-state index contributed by atoms with van der Waals surface area (Å²) in [6.07, 6.45) is 1.10. The van der Waals surface area contributed by atoms with E-state index >= 15 is 0 Å². The lowest BCUT2D eigenvalue weighted by molar-refractivity contribution is -0.117. The molecule has 1 heterocycles. The molecule has 140 valence electrons. The Hall–Kier alpha value is -1.80. The third-order valence-electron chi connectivity index (χ3n) is 3.75. The van der Waals surface area contributed by atoms with Crippen molar-refractivity contribution in [1.82, 2.24) is 14.8 Å². The highest BCUT2D eigenvalue weighted by molar-refractivity contribution is 9.10. The molecule has 0 bridgehead atoms. The van der Waals surface area contributed by atoms with Gasteiger partial charge in [-0.1, -0.05) is 30.3 Å². The van der Waals surface area contributed by atoms with Crippen LogP contribution in [0.5, 0.6) is 0 Å². The number of amides is 1. The molecule has 2 rings (SSSR count). The van der Waals surface area contributed by atoms with Gasteiger partial charge in [0.15, 0.2) is 0 Å². The summed E-state index contributed by atoms with van der Waals surface area (Å²) in [6.45, 7) is 1.92. The van der Waals surface area contributed by atoms with E-state index in [1.54, 1.807) is 17.2 Å². The molecule has 0 aliphatic rings. The first-order valence-electron chi connectivity index (χ1n) is 8.43. The predicted octanol–water partition coefficient (Wildman–Crippen LogP) is 2.21. The molecule has 7 heteroatoms. The SMILES string of the molecule is CN(CC(=O)Nc1ccc(Br)cn1)CC(O)CN(C)Cc1ccccc1. The van der Waals surface area contributed by atoms with Crippen LogP contribution in [0.15, 0.2) is 53.1 Å². The van der Waals surface area contributed by atoms with Crippen LogP contribution in [0.2, 0.25) is 0 Å². The van der Waals surface area contributed by atoms with Gasteiger partial charge in [-0.3, -0.25) is 14.6 Å². The zero-order valence-corrected chi connectivity index (χ0v) is 16.7. The van der Waals surface area contributed by atoms with Crippen LogP contribution in [-0.4, -0.2) is 65.6 Å². The minimum atomic E-state index is -0.535. The number of aliphatic hydroxyl groups is 1. The number of pyridine rings is 1. The third kappa shape index (κ3) is 7.61. The summed E-state index contributed by atoms with van der Waals surface area (Å²) in [5, 5.41) is 13.0. The Bertz CT molecular complexity index is 682. The molecule has 0 saturated heterocycles. The molecule has 1 atom stereocenters. The molecular weight excluding hydrogens is 396 g/mol. The number of nitrogens with one attached hydrogen (secondary N) is 1. The van der Waals surface area contributed by atoms with Gasteiger partial charge < -0.3 is 10.4 Å². The molecular formula is C19H25BrN4O2. The highest BCUT2D eigenvalue weighted by atomic mass is 79.9. The van der Waals surface area contributed by atoms with Crippen molar-refractivity contribution in [2.75, 3.05) is 39.0 Å². The lowest BCUT2D eigenvalue weighted by atomic mass is 10.2. The lowest BCUT2D eigenvalue weighted by Gasteiger charge is -2.24. The Morgan fingerprint density at radius 1 is 1.15 bits per heavy atom. The van der Waals surface area contributed by atoms with Crippen LogP contribution in [0.4, 0.5) is 5.82 Å².